The molecule has 0 aromatic heterocycles. The van der Waals surface area contributed by atoms with E-state index in [1.165, 1.54) is 4.90 Å². The second-order valence-corrected chi connectivity index (χ2v) is 11.9. The van der Waals surface area contributed by atoms with E-state index in [2.05, 4.69) is 21.2 Å². The van der Waals surface area contributed by atoms with Gasteiger partial charge in [-0.2, -0.15) is 0 Å². The lowest BCUT2D eigenvalue weighted by atomic mass is 10.1. The minimum Gasteiger partial charge on any atom is -0.354 e. The Hall–Kier alpha value is -2.10. The van der Waals surface area contributed by atoms with E-state index in [4.69, 9.17) is 11.6 Å². The SMILES string of the molecule is Cc1cc(N(CC(=O)N(Cc2cccc(Cl)c2)[C@@H](C)C(=O)NCC(C)C)S(C)(=O)=O)ccc1Br. The number of aryl methyl sites for hydroxylation is 1. The molecule has 0 aliphatic carbocycles. The van der Waals surface area contributed by atoms with Crippen molar-refractivity contribution in [3.63, 3.8) is 0 Å². The van der Waals surface area contributed by atoms with Gasteiger partial charge >= 0.3 is 0 Å². The number of halogens is 2. The van der Waals surface area contributed by atoms with Crippen LogP contribution in [0, 0.1) is 12.8 Å². The summed E-state index contributed by atoms with van der Waals surface area (Å²) < 4.78 is 27.1. The van der Waals surface area contributed by atoms with Crippen molar-refractivity contribution in [3.05, 3.63) is 63.1 Å². The minimum atomic E-state index is -3.77. The average Bonchev–Trinajstić information content (AvgIpc) is 2.74. The Morgan fingerprint density at radius 2 is 1.79 bits per heavy atom. The van der Waals surface area contributed by atoms with Crippen LogP contribution in [0.5, 0.6) is 0 Å². The molecule has 0 spiro atoms. The Bertz CT molecular complexity index is 1140. The highest BCUT2D eigenvalue weighted by Crippen LogP contribution is 2.25. The maximum atomic E-state index is 13.5. The van der Waals surface area contributed by atoms with Crippen molar-refractivity contribution < 1.29 is 18.0 Å². The van der Waals surface area contributed by atoms with Crippen LogP contribution in [-0.2, 0) is 26.2 Å². The van der Waals surface area contributed by atoms with Crippen LogP contribution < -0.4 is 9.62 Å². The summed E-state index contributed by atoms with van der Waals surface area (Å²) in [7, 11) is -3.77. The summed E-state index contributed by atoms with van der Waals surface area (Å²) in [4.78, 5) is 27.7. The molecule has 0 fully saturated rings. The number of benzene rings is 2. The molecule has 1 atom stereocenters. The van der Waals surface area contributed by atoms with Crippen LogP contribution in [0.25, 0.3) is 0 Å². The Kier molecular flexibility index (Phi) is 9.96. The molecular formula is C24H31BrClN3O4S. The number of carbonyl (C=O) groups excluding carboxylic acids is 2. The highest BCUT2D eigenvalue weighted by molar-refractivity contribution is 9.10. The maximum Gasteiger partial charge on any atom is 0.244 e. The smallest absolute Gasteiger partial charge is 0.244 e. The number of carbonyl (C=O) groups is 2. The number of rotatable bonds is 10. The first-order valence-electron chi connectivity index (χ1n) is 10.8. The molecule has 2 rings (SSSR count). The van der Waals surface area contributed by atoms with Crippen LogP contribution in [-0.4, -0.2) is 50.5 Å². The third kappa shape index (κ3) is 7.99. The molecule has 2 aromatic carbocycles. The van der Waals surface area contributed by atoms with Gasteiger partial charge in [0.05, 0.1) is 11.9 Å². The molecule has 2 aromatic rings. The summed E-state index contributed by atoms with van der Waals surface area (Å²) in [5, 5.41) is 3.35. The maximum absolute atomic E-state index is 13.5. The number of hydrogen-bond donors (Lipinski definition) is 1. The molecule has 0 heterocycles. The first-order chi connectivity index (χ1) is 15.8. The second kappa shape index (κ2) is 12.0. The zero-order chi connectivity index (χ0) is 25.6. The van der Waals surface area contributed by atoms with Gasteiger partial charge in [0.25, 0.3) is 0 Å². The molecule has 0 radical (unpaired) electrons. The van der Waals surface area contributed by atoms with Crippen LogP contribution in [0.15, 0.2) is 46.9 Å². The number of nitrogens with zero attached hydrogens (tertiary/aromatic N) is 2. The summed E-state index contributed by atoms with van der Waals surface area (Å²) in [5.74, 6) is -0.567. The predicted molar refractivity (Wildman–Crippen MR) is 140 cm³/mol. The molecule has 0 saturated heterocycles. The Labute approximate surface area is 215 Å². The highest BCUT2D eigenvalue weighted by Gasteiger charge is 2.30. The molecule has 0 saturated carbocycles. The molecule has 2 amide bonds. The molecule has 1 N–H and O–H groups in total. The second-order valence-electron chi connectivity index (χ2n) is 8.67. The van der Waals surface area contributed by atoms with E-state index < -0.39 is 28.5 Å². The van der Waals surface area contributed by atoms with Crippen LogP contribution in [0.3, 0.4) is 0 Å². The van der Waals surface area contributed by atoms with Crippen molar-refractivity contribution in [3.8, 4) is 0 Å². The number of hydrogen-bond acceptors (Lipinski definition) is 4. The fourth-order valence-corrected chi connectivity index (χ4v) is 4.57. The van der Waals surface area contributed by atoms with Gasteiger partial charge in [-0.05, 0) is 61.2 Å². The van der Waals surface area contributed by atoms with E-state index in [0.29, 0.717) is 17.3 Å². The van der Waals surface area contributed by atoms with Crippen LogP contribution in [0.2, 0.25) is 5.02 Å². The van der Waals surface area contributed by atoms with Crippen molar-refractivity contribution in [1.82, 2.24) is 10.2 Å². The van der Waals surface area contributed by atoms with Gasteiger partial charge in [0.15, 0.2) is 0 Å². The lowest BCUT2D eigenvalue weighted by Gasteiger charge is -2.31. The van der Waals surface area contributed by atoms with E-state index in [1.807, 2.05) is 20.8 Å². The summed E-state index contributed by atoms with van der Waals surface area (Å²) in [5.41, 5.74) is 1.93. The summed E-state index contributed by atoms with van der Waals surface area (Å²) in [6, 6.07) is 11.2. The van der Waals surface area contributed by atoms with Crippen LogP contribution in [0.4, 0.5) is 5.69 Å². The first-order valence-corrected chi connectivity index (χ1v) is 13.9. The van der Waals surface area contributed by atoms with E-state index in [-0.39, 0.29) is 18.4 Å². The number of anilines is 1. The normalized spacial score (nSPS) is 12.4. The van der Waals surface area contributed by atoms with Crippen molar-refractivity contribution >= 4 is 55.1 Å². The van der Waals surface area contributed by atoms with Gasteiger partial charge in [-0.1, -0.05) is 53.5 Å². The average molecular weight is 573 g/mol. The van der Waals surface area contributed by atoms with E-state index in [0.717, 1.165) is 26.2 Å². The molecule has 0 aliphatic heterocycles. The summed E-state index contributed by atoms with van der Waals surface area (Å²) in [6.07, 6.45) is 1.05. The number of amides is 2. The molecule has 0 aliphatic rings. The van der Waals surface area contributed by atoms with Gasteiger partial charge in [0.2, 0.25) is 21.8 Å². The Balaban J connectivity index is 2.39. The lowest BCUT2D eigenvalue weighted by molar-refractivity contribution is -0.139. The highest BCUT2D eigenvalue weighted by atomic mass is 79.9. The van der Waals surface area contributed by atoms with E-state index in [1.54, 1.807) is 49.4 Å². The van der Waals surface area contributed by atoms with E-state index >= 15 is 0 Å². The van der Waals surface area contributed by atoms with Crippen molar-refractivity contribution in [2.45, 2.75) is 40.3 Å². The van der Waals surface area contributed by atoms with Gasteiger partial charge in [-0.15, -0.1) is 0 Å². The number of nitrogens with one attached hydrogen (secondary N) is 1. The van der Waals surface area contributed by atoms with Gasteiger partial charge in [0.1, 0.15) is 12.6 Å². The molecular weight excluding hydrogens is 542 g/mol. The van der Waals surface area contributed by atoms with Gasteiger partial charge in [-0.25, -0.2) is 8.42 Å². The van der Waals surface area contributed by atoms with Crippen LogP contribution in [0.1, 0.15) is 31.9 Å². The first kappa shape index (κ1) is 28.1. The predicted octanol–water partition coefficient (Wildman–Crippen LogP) is 4.37. The quantitative estimate of drug-likeness (QED) is 0.458. The lowest BCUT2D eigenvalue weighted by Crippen LogP contribution is -2.51. The molecule has 34 heavy (non-hydrogen) atoms. The van der Waals surface area contributed by atoms with Gasteiger partial charge in [0, 0.05) is 22.6 Å². The third-order valence-corrected chi connectivity index (χ3v) is 7.47. The van der Waals surface area contributed by atoms with E-state index in [9.17, 15) is 18.0 Å². The summed E-state index contributed by atoms with van der Waals surface area (Å²) >= 11 is 9.52. The summed E-state index contributed by atoms with van der Waals surface area (Å²) in [6.45, 7) is 7.55. The minimum absolute atomic E-state index is 0.104. The van der Waals surface area contributed by atoms with Crippen LogP contribution >= 0.6 is 27.5 Å². The van der Waals surface area contributed by atoms with Gasteiger partial charge < -0.3 is 10.2 Å². The monoisotopic (exact) mass is 571 g/mol. The zero-order valence-corrected chi connectivity index (χ0v) is 23.2. The van der Waals surface area contributed by atoms with Crippen molar-refractivity contribution in [2.75, 3.05) is 23.7 Å². The molecule has 186 valence electrons. The largest absolute Gasteiger partial charge is 0.354 e. The molecule has 0 bridgehead atoms. The topological polar surface area (TPSA) is 86.8 Å². The molecule has 7 nitrogen and oxygen atoms in total. The standard InChI is InChI=1S/C24H31BrClN3O4S/c1-16(2)13-27-24(31)18(4)28(14-19-7-6-8-20(26)12-19)23(30)15-29(34(5,32)33)21-9-10-22(25)17(3)11-21/h6-12,16,18H,13-15H2,1-5H3,(H,27,31)/t18-/m0/s1. The molecule has 0 unspecified atom stereocenters. The Morgan fingerprint density at radius 1 is 1.12 bits per heavy atom. The van der Waals surface area contributed by atoms with Crippen molar-refractivity contribution in [2.24, 2.45) is 5.92 Å². The zero-order valence-electron chi connectivity index (χ0n) is 20.0. The number of sulfonamides is 1. The fraction of sp³-hybridized carbons (Fsp3) is 0.417. The fourth-order valence-electron chi connectivity index (χ4n) is 3.26. The van der Waals surface area contributed by atoms with Crippen molar-refractivity contribution in [1.29, 1.82) is 0 Å². The Morgan fingerprint density at radius 3 is 2.35 bits per heavy atom. The molecule has 10 heteroatoms. The van der Waals surface area contributed by atoms with Gasteiger partial charge in [-0.3, -0.25) is 13.9 Å². The third-order valence-electron chi connectivity index (χ3n) is 5.20.